The Hall–Kier alpha value is -0.0500. The minimum atomic E-state index is -0.758. The number of alkyl halides is 1. The zero-order valence-corrected chi connectivity index (χ0v) is 4.73. The molecule has 0 atom stereocenters. The minimum absolute atomic E-state index is 0.208. The van der Waals surface area contributed by atoms with Crippen molar-refractivity contribution in [1.82, 2.24) is 0 Å². The fourth-order valence-electron chi connectivity index (χ4n) is 0.0808. The van der Waals surface area contributed by atoms with E-state index >= 15 is 0 Å². The first kappa shape index (κ1) is 5.95. The highest BCUT2D eigenvalue weighted by Gasteiger charge is 1.88. The smallest absolute Gasteiger partial charge is 0.304 e. The van der Waals surface area contributed by atoms with Gasteiger partial charge in [-0.3, -0.25) is 4.79 Å². The molecule has 0 spiro atoms. The van der Waals surface area contributed by atoms with Crippen molar-refractivity contribution in [2.45, 2.75) is 6.42 Å². The lowest BCUT2D eigenvalue weighted by atomic mass is 10.7. The number of halogens is 1. The molecular weight excluding hydrogens is 149 g/mol. The molecule has 0 heterocycles. The molecule has 0 saturated carbocycles. The summed E-state index contributed by atoms with van der Waals surface area (Å²) < 4.78 is 0. The molecule has 6 heavy (non-hydrogen) atoms. The predicted octanol–water partition coefficient (Wildman–Crippen LogP) is 0.856. The first-order valence-corrected chi connectivity index (χ1v) is 2.67. The maximum Gasteiger partial charge on any atom is 0.304 e. The van der Waals surface area contributed by atoms with Gasteiger partial charge in [0.05, 0.1) is 6.42 Å². The summed E-state index contributed by atoms with van der Waals surface area (Å²) in [4.78, 5) is 9.57. The van der Waals surface area contributed by atoms with E-state index in [-0.39, 0.29) is 6.42 Å². The average molecular weight is 154 g/mol. The van der Waals surface area contributed by atoms with Crippen LogP contribution in [0.2, 0.25) is 0 Å². The SMILES string of the molecule is O=[13C](O)CCBr. The van der Waals surface area contributed by atoms with Crippen molar-refractivity contribution in [2.75, 3.05) is 5.33 Å². The topological polar surface area (TPSA) is 37.3 Å². The second-order valence-electron chi connectivity index (χ2n) is 0.833. The second kappa shape index (κ2) is 3.15. The molecule has 0 amide bonds. The number of hydrogen-bond acceptors (Lipinski definition) is 1. The lowest BCUT2D eigenvalue weighted by Gasteiger charge is -1.78. The molecule has 0 unspecified atom stereocenters. The predicted molar refractivity (Wildman–Crippen MR) is 26.0 cm³/mol. The Bertz CT molecular complexity index is 52.8. The Kier molecular flexibility index (Phi) is 3.13. The maximum absolute atomic E-state index is 9.57. The first-order chi connectivity index (χ1) is 2.77. The number of carboxylic acids is 1. The molecular formula is C3H5BrO2. The molecule has 0 aromatic rings. The van der Waals surface area contributed by atoms with E-state index < -0.39 is 5.97 Å². The normalized spacial score (nSPS) is 8.17. The van der Waals surface area contributed by atoms with Gasteiger partial charge < -0.3 is 5.11 Å². The van der Waals surface area contributed by atoms with Crippen molar-refractivity contribution in [3.8, 4) is 0 Å². The van der Waals surface area contributed by atoms with Gasteiger partial charge in [-0.05, 0) is 0 Å². The van der Waals surface area contributed by atoms with E-state index in [4.69, 9.17) is 5.11 Å². The van der Waals surface area contributed by atoms with Crippen LogP contribution in [0.15, 0.2) is 0 Å². The molecule has 36 valence electrons. The monoisotopic (exact) mass is 153 g/mol. The zero-order valence-electron chi connectivity index (χ0n) is 3.15. The molecule has 0 bridgehead atoms. The Balaban J connectivity index is 2.83. The molecule has 0 fully saturated rings. The van der Waals surface area contributed by atoms with Crippen molar-refractivity contribution in [2.24, 2.45) is 0 Å². The molecule has 0 aliphatic rings. The van der Waals surface area contributed by atoms with Crippen LogP contribution in [-0.2, 0) is 4.79 Å². The summed E-state index contributed by atoms with van der Waals surface area (Å²) in [6.07, 6.45) is 0.208. The minimum Gasteiger partial charge on any atom is -0.481 e. The van der Waals surface area contributed by atoms with E-state index in [0.29, 0.717) is 5.33 Å². The van der Waals surface area contributed by atoms with Crippen LogP contribution in [0.4, 0.5) is 0 Å². The van der Waals surface area contributed by atoms with Crippen molar-refractivity contribution in [3.05, 3.63) is 0 Å². The number of carboxylic acid groups (broad SMARTS) is 1. The van der Waals surface area contributed by atoms with E-state index in [9.17, 15) is 4.79 Å². The maximum atomic E-state index is 9.57. The van der Waals surface area contributed by atoms with E-state index in [2.05, 4.69) is 15.9 Å². The van der Waals surface area contributed by atoms with E-state index in [0.717, 1.165) is 0 Å². The highest BCUT2D eigenvalue weighted by atomic mass is 79.9. The Morgan fingerprint density at radius 2 is 2.33 bits per heavy atom. The third-order valence-electron chi connectivity index (χ3n) is 0.308. The number of rotatable bonds is 2. The summed E-state index contributed by atoms with van der Waals surface area (Å²) in [5, 5.41) is 8.43. The molecule has 0 saturated heterocycles. The Morgan fingerprint density at radius 1 is 1.83 bits per heavy atom. The summed E-state index contributed by atoms with van der Waals surface area (Å²) in [7, 11) is 0. The van der Waals surface area contributed by atoms with Crippen LogP contribution in [0.25, 0.3) is 0 Å². The Morgan fingerprint density at radius 3 is 2.33 bits per heavy atom. The van der Waals surface area contributed by atoms with Gasteiger partial charge in [-0.25, -0.2) is 0 Å². The summed E-state index contributed by atoms with van der Waals surface area (Å²) >= 11 is 2.97. The average Bonchev–Trinajstić information content (AvgIpc) is 1.35. The standard InChI is InChI=1S/C3H5BrO2/c4-2-1-3(5)6/h1-2H2,(H,5,6)/i3+1. The number of hydrogen-bond donors (Lipinski definition) is 1. The van der Waals surface area contributed by atoms with Crippen LogP contribution >= 0.6 is 15.9 Å². The highest BCUT2D eigenvalue weighted by Crippen LogP contribution is 1.84. The van der Waals surface area contributed by atoms with Gasteiger partial charge in [-0.2, -0.15) is 0 Å². The van der Waals surface area contributed by atoms with Gasteiger partial charge in [-0.1, -0.05) is 15.9 Å². The zero-order chi connectivity index (χ0) is 4.99. The van der Waals surface area contributed by atoms with Crippen molar-refractivity contribution in [1.29, 1.82) is 0 Å². The van der Waals surface area contributed by atoms with Crippen LogP contribution in [0.3, 0.4) is 0 Å². The van der Waals surface area contributed by atoms with E-state index in [1.54, 1.807) is 0 Å². The second-order valence-corrected chi connectivity index (χ2v) is 1.63. The summed E-state index contributed by atoms with van der Waals surface area (Å²) in [6, 6.07) is 0. The summed E-state index contributed by atoms with van der Waals surface area (Å²) in [5.41, 5.74) is 0. The van der Waals surface area contributed by atoms with Crippen molar-refractivity contribution in [3.63, 3.8) is 0 Å². The summed E-state index contributed by atoms with van der Waals surface area (Å²) in [5.74, 6) is -0.758. The molecule has 0 rings (SSSR count). The van der Waals surface area contributed by atoms with Gasteiger partial charge in [0.2, 0.25) is 0 Å². The van der Waals surface area contributed by atoms with Crippen molar-refractivity contribution < 1.29 is 9.90 Å². The van der Waals surface area contributed by atoms with Gasteiger partial charge in [0.1, 0.15) is 0 Å². The van der Waals surface area contributed by atoms with Gasteiger partial charge in [0, 0.05) is 5.33 Å². The van der Waals surface area contributed by atoms with Gasteiger partial charge in [0.15, 0.2) is 0 Å². The van der Waals surface area contributed by atoms with Gasteiger partial charge in [-0.15, -0.1) is 0 Å². The first-order valence-electron chi connectivity index (χ1n) is 1.55. The highest BCUT2D eigenvalue weighted by molar-refractivity contribution is 9.09. The van der Waals surface area contributed by atoms with Gasteiger partial charge >= 0.3 is 5.97 Å². The third-order valence-corrected chi connectivity index (χ3v) is 0.705. The lowest BCUT2D eigenvalue weighted by molar-refractivity contribution is -0.136. The van der Waals surface area contributed by atoms with Crippen molar-refractivity contribution >= 4 is 21.9 Å². The third kappa shape index (κ3) is 3.95. The van der Waals surface area contributed by atoms with Crippen LogP contribution < -0.4 is 0 Å². The van der Waals surface area contributed by atoms with Gasteiger partial charge in [0.25, 0.3) is 0 Å². The number of aliphatic carboxylic acids is 1. The van der Waals surface area contributed by atoms with Crippen LogP contribution in [-0.4, -0.2) is 16.4 Å². The molecule has 0 radical (unpaired) electrons. The molecule has 2 nitrogen and oxygen atoms in total. The molecule has 0 aromatic heterocycles. The molecule has 0 aromatic carbocycles. The Labute approximate surface area is 44.3 Å². The van der Waals surface area contributed by atoms with Crippen LogP contribution in [0, 0.1) is 0 Å². The van der Waals surface area contributed by atoms with Crippen LogP contribution in [0.1, 0.15) is 6.42 Å². The van der Waals surface area contributed by atoms with E-state index in [1.807, 2.05) is 0 Å². The van der Waals surface area contributed by atoms with E-state index in [1.165, 1.54) is 0 Å². The molecule has 0 aliphatic carbocycles. The summed E-state index contributed by atoms with van der Waals surface area (Å²) in [6.45, 7) is 0. The number of carbonyl (C=O) groups is 1. The molecule has 1 N–H and O–H groups in total. The van der Waals surface area contributed by atoms with Crippen LogP contribution in [0.5, 0.6) is 0 Å². The molecule has 3 heteroatoms. The lowest BCUT2D eigenvalue weighted by Crippen LogP contribution is -1.92. The fraction of sp³-hybridized carbons (Fsp3) is 0.667. The largest absolute Gasteiger partial charge is 0.481 e. The quantitative estimate of drug-likeness (QED) is 0.472. The fourth-order valence-corrected chi connectivity index (χ4v) is 0.420. The molecule has 0 aliphatic heterocycles.